The summed E-state index contributed by atoms with van der Waals surface area (Å²) in [6.45, 7) is 10.3. The summed E-state index contributed by atoms with van der Waals surface area (Å²) in [6.07, 6.45) is 4.92. The van der Waals surface area contributed by atoms with Gasteiger partial charge >= 0.3 is 0 Å². The van der Waals surface area contributed by atoms with E-state index in [9.17, 15) is 4.79 Å². The Balaban J connectivity index is 0.00000512. The summed E-state index contributed by atoms with van der Waals surface area (Å²) in [5.41, 5.74) is 0.977. The van der Waals surface area contributed by atoms with Gasteiger partial charge in [0.2, 0.25) is 5.91 Å². The normalized spacial score (nSPS) is 15.0. The largest absolute Gasteiger partial charge is 0.493 e. The second-order valence-electron chi connectivity index (χ2n) is 8.62. The number of amides is 1. The lowest BCUT2D eigenvalue weighted by atomic mass is 9.84. The molecule has 1 aromatic rings. The molecule has 0 saturated carbocycles. The molecule has 0 bridgehead atoms. The molecule has 1 heterocycles. The standard InChI is InChI=1S/C24H40N4O3.HI/c1-6-25-23(26-14-10-16-28-15-9-7-8-11-22(28)29)27-18-24(2,3)19-12-13-20(30-4)21(17-19)31-5;/h12-13,17H,6-11,14-16,18H2,1-5H3,(H2,25,26,27);1H. The number of aliphatic imine (C=N–C) groups is 1. The van der Waals surface area contributed by atoms with Gasteiger partial charge in [-0.2, -0.15) is 0 Å². The molecule has 0 unspecified atom stereocenters. The first kappa shape index (κ1) is 28.3. The molecule has 1 fully saturated rings. The molecular weight excluding hydrogens is 519 g/mol. The molecule has 8 heteroatoms. The van der Waals surface area contributed by atoms with Gasteiger partial charge in [-0.25, -0.2) is 0 Å². The highest BCUT2D eigenvalue weighted by molar-refractivity contribution is 14.0. The van der Waals surface area contributed by atoms with Gasteiger partial charge in [-0.15, -0.1) is 24.0 Å². The number of hydrogen-bond donors (Lipinski definition) is 2. The van der Waals surface area contributed by atoms with Crippen molar-refractivity contribution in [3.8, 4) is 11.5 Å². The Kier molecular flexibility index (Phi) is 12.8. The highest BCUT2D eigenvalue weighted by atomic mass is 127. The van der Waals surface area contributed by atoms with Crippen LogP contribution in [0.15, 0.2) is 23.2 Å². The van der Waals surface area contributed by atoms with Crippen molar-refractivity contribution in [2.75, 3.05) is 46.9 Å². The Morgan fingerprint density at radius 3 is 2.56 bits per heavy atom. The lowest BCUT2D eigenvalue weighted by Crippen LogP contribution is -2.40. The van der Waals surface area contributed by atoms with Gasteiger partial charge in [0, 0.05) is 38.0 Å². The van der Waals surface area contributed by atoms with Crippen LogP contribution in [0.25, 0.3) is 0 Å². The molecule has 1 aliphatic heterocycles. The van der Waals surface area contributed by atoms with Crippen LogP contribution in [0.2, 0.25) is 0 Å². The molecule has 0 atom stereocenters. The number of ether oxygens (including phenoxy) is 2. The third-order valence-electron chi connectivity index (χ3n) is 5.71. The lowest BCUT2D eigenvalue weighted by Gasteiger charge is -2.25. The van der Waals surface area contributed by atoms with Gasteiger partial charge in [0.1, 0.15) is 0 Å². The van der Waals surface area contributed by atoms with Gasteiger partial charge in [0.05, 0.1) is 20.8 Å². The van der Waals surface area contributed by atoms with Crippen LogP contribution in [0.5, 0.6) is 11.5 Å². The Hall–Kier alpha value is -1.71. The van der Waals surface area contributed by atoms with Crippen LogP contribution in [0.1, 0.15) is 58.4 Å². The fourth-order valence-corrected chi connectivity index (χ4v) is 3.72. The third-order valence-corrected chi connectivity index (χ3v) is 5.71. The Bertz CT molecular complexity index is 740. The molecule has 2 rings (SSSR count). The average Bonchev–Trinajstić information content (AvgIpc) is 2.98. The van der Waals surface area contributed by atoms with E-state index < -0.39 is 0 Å². The number of nitrogens with one attached hydrogen (secondary N) is 2. The fourth-order valence-electron chi connectivity index (χ4n) is 3.72. The molecule has 1 amide bonds. The first-order valence-electron chi connectivity index (χ1n) is 11.4. The predicted molar refractivity (Wildman–Crippen MR) is 142 cm³/mol. The molecule has 32 heavy (non-hydrogen) atoms. The van der Waals surface area contributed by atoms with Crippen molar-refractivity contribution in [3.63, 3.8) is 0 Å². The number of benzene rings is 1. The van der Waals surface area contributed by atoms with Crippen molar-refractivity contribution in [3.05, 3.63) is 23.8 Å². The molecule has 0 aliphatic carbocycles. The number of rotatable bonds is 10. The van der Waals surface area contributed by atoms with Crippen LogP contribution >= 0.6 is 24.0 Å². The number of methoxy groups -OCH3 is 2. The minimum Gasteiger partial charge on any atom is -0.493 e. The van der Waals surface area contributed by atoms with E-state index in [1.54, 1.807) is 14.2 Å². The van der Waals surface area contributed by atoms with Crippen molar-refractivity contribution in [1.29, 1.82) is 0 Å². The molecule has 0 spiro atoms. The summed E-state index contributed by atoms with van der Waals surface area (Å²) in [5.74, 6) is 2.56. The molecule has 1 aromatic carbocycles. The summed E-state index contributed by atoms with van der Waals surface area (Å²) >= 11 is 0. The molecular formula is C24H41IN4O3. The van der Waals surface area contributed by atoms with Gasteiger partial charge in [-0.3, -0.25) is 9.79 Å². The predicted octanol–water partition coefficient (Wildman–Crippen LogP) is 3.95. The molecule has 1 saturated heterocycles. The van der Waals surface area contributed by atoms with E-state index in [0.29, 0.717) is 18.9 Å². The molecule has 182 valence electrons. The molecule has 0 radical (unpaired) electrons. The topological polar surface area (TPSA) is 75.2 Å². The van der Waals surface area contributed by atoms with Crippen molar-refractivity contribution in [2.24, 2.45) is 4.99 Å². The van der Waals surface area contributed by atoms with Gasteiger partial charge in [0.25, 0.3) is 0 Å². The third kappa shape index (κ3) is 8.67. The molecule has 1 aliphatic rings. The monoisotopic (exact) mass is 560 g/mol. The van der Waals surface area contributed by atoms with E-state index in [4.69, 9.17) is 14.5 Å². The smallest absolute Gasteiger partial charge is 0.222 e. The number of likely N-dealkylation sites (tertiary alicyclic amines) is 1. The number of guanidine groups is 1. The zero-order chi connectivity index (χ0) is 22.7. The fraction of sp³-hybridized carbons (Fsp3) is 0.667. The number of hydrogen-bond acceptors (Lipinski definition) is 4. The van der Waals surface area contributed by atoms with Crippen LogP contribution < -0.4 is 20.1 Å². The minimum atomic E-state index is -0.166. The second kappa shape index (κ2) is 14.4. The van der Waals surface area contributed by atoms with Crippen LogP contribution in [0, 0.1) is 0 Å². The SMILES string of the molecule is CCNC(=NCC(C)(C)c1ccc(OC)c(OC)c1)NCCCN1CCCCCC1=O.I. The number of halogens is 1. The molecule has 0 aromatic heterocycles. The maximum absolute atomic E-state index is 12.1. The number of nitrogens with zero attached hydrogens (tertiary/aromatic N) is 2. The quantitative estimate of drug-likeness (QED) is 0.196. The maximum Gasteiger partial charge on any atom is 0.222 e. The van der Waals surface area contributed by atoms with Crippen LogP contribution in [-0.4, -0.2) is 63.7 Å². The molecule has 2 N–H and O–H groups in total. The van der Waals surface area contributed by atoms with Crippen LogP contribution in [0.3, 0.4) is 0 Å². The van der Waals surface area contributed by atoms with Gasteiger partial charge in [-0.1, -0.05) is 26.3 Å². The van der Waals surface area contributed by atoms with E-state index in [1.165, 1.54) is 0 Å². The zero-order valence-electron chi connectivity index (χ0n) is 20.3. The van der Waals surface area contributed by atoms with Crippen molar-refractivity contribution in [1.82, 2.24) is 15.5 Å². The Morgan fingerprint density at radius 2 is 1.88 bits per heavy atom. The van der Waals surface area contributed by atoms with Crippen molar-refractivity contribution < 1.29 is 14.3 Å². The van der Waals surface area contributed by atoms with Crippen molar-refractivity contribution >= 4 is 35.8 Å². The van der Waals surface area contributed by atoms with E-state index in [-0.39, 0.29) is 29.4 Å². The highest BCUT2D eigenvalue weighted by Gasteiger charge is 2.22. The average molecular weight is 561 g/mol. The minimum absolute atomic E-state index is 0. The summed E-state index contributed by atoms with van der Waals surface area (Å²) in [4.78, 5) is 19.0. The van der Waals surface area contributed by atoms with Crippen LogP contribution in [0.4, 0.5) is 0 Å². The highest BCUT2D eigenvalue weighted by Crippen LogP contribution is 2.33. The second-order valence-corrected chi connectivity index (χ2v) is 8.62. The molecule has 7 nitrogen and oxygen atoms in total. The summed E-state index contributed by atoms with van der Waals surface area (Å²) in [5, 5.41) is 6.73. The first-order valence-corrected chi connectivity index (χ1v) is 11.4. The lowest BCUT2D eigenvalue weighted by molar-refractivity contribution is -0.130. The Morgan fingerprint density at radius 1 is 1.12 bits per heavy atom. The summed E-state index contributed by atoms with van der Waals surface area (Å²) < 4.78 is 10.8. The first-order chi connectivity index (χ1) is 14.9. The van der Waals surface area contributed by atoms with E-state index in [0.717, 1.165) is 74.9 Å². The summed E-state index contributed by atoms with van der Waals surface area (Å²) in [7, 11) is 3.29. The van der Waals surface area contributed by atoms with E-state index >= 15 is 0 Å². The maximum atomic E-state index is 12.1. The van der Waals surface area contributed by atoms with Gasteiger partial charge < -0.3 is 25.0 Å². The van der Waals surface area contributed by atoms with Gasteiger partial charge in [0.15, 0.2) is 17.5 Å². The Labute approximate surface area is 210 Å². The van der Waals surface area contributed by atoms with Crippen molar-refractivity contribution in [2.45, 2.75) is 58.3 Å². The number of carbonyl (C=O) groups is 1. The summed E-state index contributed by atoms with van der Waals surface area (Å²) in [6, 6.07) is 6.02. The van der Waals surface area contributed by atoms with Crippen LogP contribution in [-0.2, 0) is 10.2 Å². The van der Waals surface area contributed by atoms with E-state index in [1.807, 2.05) is 17.0 Å². The number of carbonyl (C=O) groups excluding carboxylic acids is 1. The zero-order valence-corrected chi connectivity index (χ0v) is 22.7. The van der Waals surface area contributed by atoms with E-state index in [2.05, 4.69) is 37.5 Å². The van der Waals surface area contributed by atoms with Gasteiger partial charge in [-0.05, 0) is 43.9 Å².